The minimum Gasteiger partial charge on any atom is -0.432 e. The molecule has 0 fully saturated rings. The third kappa shape index (κ3) is 3.84. The number of benzene rings is 2. The number of halogens is 3. The number of alkyl halides is 2. The molecular formula is C14H12F3NOS. The Kier molecular flexibility index (Phi) is 4.79. The second-order valence-corrected chi connectivity index (χ2v) is 4.99. The minimum absolute atomic E-state index is 0.199. The van der Waals surface area contributed by atoms with Crippen LogP contribution in [0.2, 0.25) is 0 Å². The molecule has 2 rings (SSSR count). The first-order chi connectivity index (χ1) is 9.56. The molecule has 6 heteroatoms. The average Bonchev–Trinajstić information content (AvgIpc) is 2.41. The van der Waals surface area contributed by atoms with Crippen molar-refractivity contribution in [3.05, 3.63) is 53.8 Å². The Morgan fingerprint density at radius 1 is 1.15 bits per heavy atom. The summed E-state index contributed by atoms with van der Waals surface area (Å²) in [6, 6.07) is 11.8. The Morgan fingerprint density at radius 2 is 1.85 bits per heavy atom. The first-order valence-electron chi connectivity index (χ1n) is 5.77. The topological polar surface area (TPSA) is 35.2 Å². The Bertz CT molecular complexity index is 578. The quantitative estimate of drug-likeness (QED) is 0.660. The van der Waals surface area contributed by atoms with Gasteiger partial charge in [-0.2, -0.15) is 8.78 Å². The molecule has 0 aliphatic carbocycles. The van der Waals surface area contributed by atoms with E-state index in [-0.39, 0.29) is 5.69 Å². The van der Waals surface area contributed by atoms with Gasteiger partial charge in [0.15, 0.2) is 11.6 Å². The first kappa shape index (κ1) is 14.6. The summed E-state index contributed by atoms with van der Waals surface area (Å²) in [5, 5.41) is 0. The van der Waals surface area contributed by atoms with Crippen LogP contribution < -0.4 is 10.5 Å². The van der Waals surface area contributed by atoms with E-state index in [1.54, 1.807) is 0 Å². The molecule has 2 N–H and O–H groups in total. The van der Waals surface area contributed by atoms with Crippen molar-refractivity contribution in [1.82, 2.24) is 0 Å². The first-order valence-corrected chi connectivity index (χ1v) is 6.75. The highest BCUT2D eigenvalue weighted by molar-refractivity contribution is 7.98. The van der Waals surface area contributed by atoms with Crippen LogP contribution in [0.15, 0.2) is 47.4 Å². The van der Waals surface area contributed by atoms with Gasteiger partial charge in [-0.25, -0.2) is 4.39 Å². The lowest BCUT2D eigenvalue weighted by molar-refractivity contribution is -0.0523. The number of hydrogen-bond donors (Lipinski definition) is 1. The van der Waals surface area contributed by atoms with Crippen LogP contribution in [0.3, 0.4) is 0 Å². The SMILES string of the molecule is Nc1cc(F)c(OC(F)F)cc1SCc1ccccc1. The molecule has 0 unspecified atom stereocenters. The van der Waals surface area contributed by atoms with Crippen molar-refractivity contribution in [2.75, 3.05) is 5.73 Å². The van der Waals surface area contributed by atoms with Gasteiger partial charge in [-0.05, 0) is 11.6 Å². The Labute approximate surface area is 118 Å². The van der Waals surface area contributed by atoms with Gasteiger partial charge in [0.2, 0.25) is 0 Å². The summed E-state index contributed by atoms with van der Waals surface area (Å²) in [5.41, 5.74) is 6.93. The lowest BCUT2D eigenvalue weighted by atomic mass is 10.2. The van der Waals surface area contributed by atoms with Crippen LogP contribution in [-0.4, -0.2) is 6.61 Å². The highest BCUT2D eigenvalue weighted by Crippen LogP contribution is 2.34. The second-order valence-electron chi connectivity index (χ2n) is 3.97. The number of anilines is 1. The maximum Gasteiger partial charge on any atom is 0.387 e. The van der Waals surface area contributed by atoms with Gasteiger partial charge >= 0.3 is 6.61 Å². The monoisotopic (exact) mass is 299 g/mol. The summed E-state index contributed by atoms with van der Waals surface area (Å²) in [4.78, 5) is 0.505. The van der Waals surface area contributed by atoms with E-state index in [2.05, 4.69) is 4.74 Å². The highest BCUT2D eigenvalue weighted by atomic mass is 32.2. The Hall–Kier alpha value is -1.82. The molecule has 0 aromatic heterocycles. The van der Waals surface area contributed by atoms with Crippen molar-refractivity contribution < 1.29 is 17.9 Å². The van der Waals surface area contributed by atoms with Crippen molar-refractivity contribution in [3.63, 3.8) is 0 Å². The van der Waals surface area contributed by atoms with Crippen molar-refractivity contribution in [1.29, 1.82) is 0 Å². The number of hydrogen-bond acceptors (Lipinski definition) is 3. The molecule has 0 bridgehead atoms. The zero-order valence-electron chi connectivity index (χ0n) is 10.4. The van der Waals surface area contributed by atoms with Crippen LogP contribution in [0.1, 0.15) is 5.56 Å². The molecular weight excluding hydrogens is 287 g/mol. The maximum absolute atomic E-state index is 13.4. The lowest BCUT2D eigenvalue weighted by Gasteiger charge is -2.10. The maximum atomic E-state index is 13.4. The fraction of sp³-hybridized carbons (Fsp3) is 0.143. The van der Waals surface area contributed by atoms with Crippen molar-refractivity contribution in [3.8, 4) is 5.75 Å². The standard InChI is InChI=1S/C14H12F3NOS/c15-10-6-11(18)13(7-12(10)19-14(16)17)20-8-9-4-2-1-3-5-9/h1-7,14H,8,18H2. The average molecular weight is 299 g/mol. The molecule has 20 heavy (non-hydrogen) atoms. The molecule has 0 aliphatic heterocycles. The third-order valence-electron chi connectivity index (χ3n) is 2.52. The molecule has 0 saturated carbocycles. The molecule has 0 radical (unpaired) electrons. The van der Waals surface area contributed by atoms with Gasteiger partial charge < -0.3 is 10.5 Å². The molecule has 0 atom stereocenters. The molecule has 106 valence electrons. The van der Waals surface area contributed by atoms with Crippen LogP contribution in [0.5, 0.6) is 5.75 Å². The Balaban J connectivity index is 2.14. The fourth-order valence-corrected chi connectivity index (χ4v) is 2.53. The van der Waals surface area contributed by atoms with E-state index in [0.717, 1.165) is 11.6 Å². The van der Waals surface area contributed by atoms with Crippen molar-refractivity contribution in [2.45, 2.75) is 17.3 Å². The summed E-state index contributed by atoms with van der Waals surface area (Å²) < 4.78 is 41.8. The van der Waals surface area contributed by atoms with Gasteiger partial charge in [0, 0.05) is 22.4 Å². The van der Waals surface area contributed by atoms with Crippen LogP contribution in [-0.2, 0) is 5.75 Å². The van der Waals surface area contributed by atoms with Crippen molar-refractivity contribution >= 4 is 17.4 Å². The molecule has 2 nitrogen and oxygen atoms in total. The number of nitrogens with two attached hydrogens (primary N) is 1. The molecule has 0 spiro atoms. The van der Waals surface area contributed by atoms with Crippen LogP contribution in [0.25, 0.3) is 0 Å². The third-order valence-corrected chi connectivity index (χ3v) is 3.66. The summed E-state index contributed by atoms with van der Waals surface area (Å²) >= 11 is 1.33. The normalized spacial score (nSPS) is 10.8. The van der Waals surface area contributed by atoms with E-state index < -0.39 is 18.2 Å². The van der Waals surface area contributed by atoms with Crippen molar-refractivity contribution in [2.24, 2.45) is 0 Å². The molecule has 0 aliphatic rings. The number of thioether (sulfide) groups is 1. The minimum atomic E-state index is -3.07. The van der Waals surface area contributed by atoms with E-state index in [1.165, 1.54) is 17.8 Å². The molecule has 0 amide bonds. The van der Waals surface area contributed by atoms with Crippen LogP contribution in [0.4, 0.5) is 18.9 Å². The smallest absolute Gasteiger partial charge is 0.387 e. The van der Waals surface area contributed by atoms with E-state index in [4.69, 9.17) is 5.73 Å². The van der Waals surface area contributed by atoms with E-state index in [9.17, 15) is 13.2 Å². The zero-order chi connectivity index (χ0) is 14.5. The Morgan fingerprint density at radius 3 is 2.50 bits per heavy atom. The summed E-state index contributed by atoms with van der Waals surface area (Å²) in [6.45, 7) is -3.07. The van der Waals surface area contributed by atoms with E-state index in [0.29, 0.717) is 10.6 Å². The van der Waals surface area contributed by atoms with Crippen LogP contribution in [0, 0.1) is 5.82 Å². The van der Waals surface area contributed by atoms with Gasteiger partial charge in [-0.3, -0.25) is 0 Å². The number of nitrogen functional groups attached to an aromatic ring is 1. The molecule has 0 saturated heterocycles. The zero-order valence-corrected chi connectivity index (χ0v) is 11.2. The predicted octanol–water partition coefficient (Wildman–Crippen LogP) is 4.30. The fourth-order valence-electron chi connectivity index (χ4n) is 1.60. The van der Waals surface area contributed by atoms with Gasteiger partial charge in [0.05, 0.1) is 0 Å². The predicted molar refractivity (Wildman–Crippen MR) is 73.4 cm³/mol. The second kappa shape index (κ2) is 6.56. The number of rotatable bonds is 5. The summed E-state index contributed by atoms with van der Waals surface area (Å²) in [7, 11) is 0. The highest BCUT2D eigenvalue weighted by Gasteiger charge is 2.13. The lowest BCUT2D eigenvalue weighted by Crippen LogP contribution is -2.04. The van der Waals surface area contributed by atoms with Gasteiger partial charge in [-0.15, -0.1) is 11.8 Å². The van der Waals surface area contributed by atoms with E-state index >= 15 is 0 Å². The van der Waals surface area contributed by atoms with Gasteiger partial charge in [0.1, 0.15) is 0 Å². The number of ether oxygens (including phenoxy) is 1. The summed E-state index contributed by atoms with van der Waals surface area (Å²) in [5.74, 6) is -0.790. The van der Waals surface area contributed by atoms with Gasteiger partial charge in [0.25, 0.3) is 0 Å². The molecule has 2 aromatic rings. The molecule has 0 heterocycles. The largest absolute Gasteiger partial charge is 0.432 e. The van der Waals surface area contributed by atoms with Crippen LogP contribution >= 0.6 is 11.8 Å². The molecule has 2 aromatic carbocycles. The van der Waals surface area contributed by atoms with E-state index in [1.807, 2.05) is 30.3 Å². The summed E-state index contributed by atoms with van der Waals surface area (Å²) in [6.07, 6.45) is 0. The van der Waals surface area contributed by atoms with Gasteiger partial charge in [-0.1, -0.05) is 30.3 Å².